The molecule has 0 aromatic heterocycles. The average molecular weight is 488 g/mol. The number of carbonyl (C=O) groups excluding carboxylic acids is 2. The Kier molecular flexibility index (Phi) is 6.87. The largest absolute Gasteiger partial charge is 0.468 e. The number of benzene rings is 3. The van der Waals surface area contributed by atoms with Crippen LogP contribution in [0.25, 0.3) is 0 Å². The summed E-state index contributed by atoms with van der Waals surface area (Å²) in [4.78, 5) is 40.0. The summed E-state index contributed by atoms with van der Waals surface area (Å²) in [5.74, 6) is -1.63. The first-order valence-electron chi connectivity index (χ1n) is 12.0. The van der Waals surface area contributed by atoms with Crippen LogP contribution in [0.3, 0.4) is 0 Å². The van der Waals surface area contributed by atoms with E-state index in [1.807, 2.05) is 91.0 Å². The highest BCUT2D eigenvalue weighted by molar-refractivity contribution is 6.01. The molecule has 2 aliphatic rings. The van der Waals surface area contributed by atoms with E-state index in [1.165, 1.54) is 19.4 Å². The Labute approximate surface area is 210 Å². The molecule has 3 aromatic carbocycles. The normalized spacial score (nSPS) is 25.4. The van der Waals surface area contributed by atoms with Gasteiger partial charge in [-0.15, -0.1) is 0 Å². The first-order chi connectivity index (χ1) is 17.6. The minimum Gasteiger partial charge on any atom is -0.468 e. The highest BCUT2D eigenvalue weighted by Crippen LogP contribution is 2.55. The van der Waals surface area contributed by atoms with Gasteiger partial charge < -0.3 is 9.47 Å². The van der Waals surface area contributed by atoms with E-state index in [2.05, 4.69) is 0 Å². The minimum atomic E-state index is -1.68. The molecular formula is C29H29NO6. The second kappa shape index (κ2) is 10.2. The van der Waals surface area contributed by atoms with E-state index >= 15 is 0 Å². The van der Waals surface area contributed by atoms with E-state index in [1.54, 1.807) is 0 Å². The summed E-state index contributed by atoms with van der Waals surface area (Å²) in [6, 6.07) is 28.4. The molecule has 5 rings (SSSR count). The van der Waals surface area contributed by atoms with Gasteiger partial charge in [-0.2, -0.15) is 0 Å². The molecule has 0 radical (unpaired) electrons. The molecule has 2 fully saturated rings. The third kappa shape index (κ3) is 4.19. The summed E-state index contributed by atoms with van der Waals surface area (Å²) in [6.45, 7) is 0. The van der Waals surface area contributed by atoms with Crippen LogP contribution in [0.4, 0.5) is 0 Å². The fourth-order valence-corrected chi connectivity index (χ4v) is 5.52. The van der Waals surface area contributed by atoms with Crippen molar-refractivity contribution in [3.8, 4) is 0 Å². The van der Waals surface area contributed by atoms with Gasteiger partial charge in [0, 0.05) is 12.3 Å². The molecule has 7 heteroatoms. The topological polar surface area (TPSA) is 74.3 Å². The van der Waals surface area contributed by atoms with Gasteiger partial charge in [-0.05, 0) is 23.1 Å². The van der Waals surface area contributed by atoms with Gasteiger partial charge in [-0.3, -0.25) is 19.3 Å². The molecule has 0 spiro atoms. The van der Waals surface area contributed by atoms with E-state index in [9.17, 15) is 9.59 Å². The summed E-state index contributed by atoms with van der Waals surface area (Å²) in [5, 5.41) is 1.37. The molecule has 0 bridgehead atoms. The number of hydrogen-bond donors (Lipinski definition) is 0. The Morgan fingerprint density at radius 3 is 1.67 bits per heavy atom. The fraction of sp³-hybridized carbons (Fsp3) is 0.310. The van der Waals surface area contributed by atoms with Crippen LogP contribution in [0.2, 0.25) is 0 Å². The molecule has 0 saturated carbocycles. The number of hydroxylamine groups is 2. The van der Waals surface area contributed by atoms with Crippen LogP contribution in [0.5, 0.6) is 0 Å². The van der Waals surface area contributed by atoms with Crippen LogP contribution in [-0.2, 0) is 28.7 Å². The molecule has 4 atom stereocenters. The lowest BCUT2D eigenvalue weighted by Gasteiger charge is -2.53. The van der Waals surface area contributed by atoms with Gasteiger partial charge in [0.25, 0.3) is 0 Å². The van der Waals surface area contributed by atoms with Gasteiger partial charge in [0.15, 0.2) is 5.41 Å². The number of hydrogen-bond acceptors (Lipinski definition) is 7. The zero-order chi connectivity index (χ0) is 25.1. The van der Waals surface area contributed by atoms with Crippen LogP contribution < -0.4 is 0 Å². The van der Waals surface area contributed by atoms with Crippen LogP contribution in [0, 0.1) is 5.41 Å². The van der Waals surface area contributed by atoms with Gasteiger partial charge in [-0.25, -0.2) is 0 Å². The minimum absolute atomic E-state index is 0.0558. The molecule has 7 nitrogen and oxygen atoms in total. The number of esters is 2. The molecule has 0 amide bonds. The highest BCUT2D eigenvalue weighted by atomic mass is 17.0. The van der Waals surface area contributed by atoms with E-state index in [-0.39, 0.29) is 18.4 Å². The van der Waals surface area contributed by atoms with Crippen LogP contribution in [-0.4, -0.2) is 37.4 Å². The quantitative estimate of drug-likeness (QED) is 0.373. The lowest BCUT2D eigenvalue weighted by atomic mass is 9.66. The molecule has 2 heterocycles. The SMILES string of the molecule is COC(=O)C1(C(=O)OC)C[C@@H](c2ccccc2)ON2O[C@H](c3ccccc3)C[C@@H](c3ccccc3)[C@@H]21. The first-order valence-corrected chi connectivity index (χ1v) is 12.0. The van der Waals surface area contributed by atoms with Gasteiger partial charge in [0.05, 0.1) is 20.3 Å². The molecular weight excluding hydrogens is 458 g/mol. The Bertz CT molecular complexity index is 1170. The van der Waals surface area contributed by atoms with Gasteiger partial charge in [-0.1, -0.05) is 96.2 Å². The maximum absolute atomic E-state index is 13.6. The second-order valence-corrected chi connectivity index (χ2v) is 9.15. The number of nitrogens with zero attached hydrogens (tertiary/aromatic N) is 1. The lowest BCUT2D eigenvalue weighted by Crippen LogP contribution is -2.65. The summed E-state index contributed by atoms with van der Waals surface area (Å²) in [7, 11) is 2.58. The van der Waals surface area contributed by atoms with E-state index < -0.39 is 29.5 Å². The van der Waals surface area contributed by atoms with Crippen molar-refractivity contribution in [2.45, 2.75) is 37.0 Å². The highest BCUT2D eigenvalue weighted by Gasteiger charge is 2.66. The van der Waals surface area contributed by atoms with Crippen LogP contribution in [0.1, 0.15) is 47.7 Å². The van der Waals surface area contributed by atoms with Crippen LogP contribution >= 0.6 is 0 Å². The summed E-state index contributed by atoms with van der Waals surface area (Å²) < 4.78 is 10.5. The molecule has 2 aliphatic heterocycles. The summed E-state index contributed by atoms with van der Waals surface area (Å²) in [5.41, 5.74) is 1.08. The standard InChI is InChI=1S/C29H29NO6/c1-33-27(31)29(28(32)34-2)19-25(22-16-10-5-11-17-22)36-30-26(29)23(20-12-6-3-7-13-20)18-24(35-30)21-14-8-4-9-15-21/h3-17,23-26H,18-19H2,1-2H3/t23-,24-,25-,26+/m0/s1. The van der Waals surface area contributed by atoms with Crippen molar-refractivity contribution in [2.75, 3.05) is 14.2 Å². The third-order valence-electron chi connectivity index (χ3n) is 7.22. The Hall–Kier alpha value is -3.52. The van der Waals surface area contributed by atoms with E-state index in [4.69, 9.17) is 19.1 Å². The molecule has 0 aliphatic carbocycles. The molecule has 186 valence electrons. The Balaban J connectivity index is 1.67. The monoisotopic (exact) mass is 487 g/mol. The van der Waals surface area contributed by atoms with Gasteiger partial charge in [0.2, 0.25) is 0 Å². The van der Waals surface area contributed by atoms with Crippen molar-refractivity contribution in [3.63, 3.8) is 0 Å². The van der Waals surface area contributed by atoms with Crippen molar-refractivity contribution in [1.82, 2.24) is 5.23 Å². The summed E-state index contributed by atoms with van der Waals surface area (Å²) in [6.07, 6.45) is -0.397. The van der Waals surface area contributed by atoms with Crippen molar-refractivity contribution in [3.05, 3.63) is 108 Å². The van der Waals surface area contributed by atoms with Gasteiger partial charge >= 0.3 is 11.9 Å². The predicted octanol–water partition coefficient (Wildman–Crippen LogP) is 4.93. The van der Waals surface area contributed by atoms with Crippen molar-refractivity contribution in [2.24, 2.45) is 5.41 Å². The first kappa shape index (κ1) is 24.2. The van der Waals surface area contributed by atoms with E-state index in [0.717, 1.165) is 16.7 Å². The van der Waals surface area contributed by atoms with Crippen molar-refractivity contribution >= 4 is 11.9 Å². The molecule has 36 heavy (non-hydrogen) atoms. The molecule has 0 unspecified atom stereocenters. The number of ether oxygens (including phenoxy) is 2. The predicted molar refractivity (Wildman–Crippen MR) is 131 cm³/mol. The van der Waals surface area contributed by atoms with Crippen molar-refractivity contribution < 1.29 is 28.7 Å². The van der Waals surface area contributed by atoms with Crippen molar-refractivity contribution in [1.29, 1.82) is 0 Å². The molecule has 3 aromatic rings. The number of carbonyl (C=O) groups is 2. The maximum Gasteiger partial charge on any atom is 0.325 e. The molecule has 0 N–H and O–H groups in total. The fourth-order valence-electron chi connectivity index (χ4n) is 5.52. The van der Waals surface area contributed by atoms with Crippen LogP contribution in [0.15, 0.2) is 91.0 Å². The molecule has 2 saturated heterocycles. The lowest BCUT2D eigenvalue weighted by molar-refractivity contribution is -0.468. The zero-order valence-electron chi connectivity index (χ0n) is 20.3. The number of methoxy groups -OCH3 is 2. The zero-order valence-corrected chi connectivity index (χ0v) is 20.3. The Morgan fingerprint density at radius 2 is 1.17 bits per heavy atom. The Morgan fingerprint density at radius 1 is 0.722 bits per heavy atom. The van der Waals surface area contributed by atoms with Gasteiger partial charge in [0.1, 0.15) is 12.2 Å². The number of fused-ring (bicyclic) bond motifs is 1. The number of rotatable bonds is 5. The second-order valence-electron chi connectivity index (χ2n) is 9.15. The smallest absolute Gasteiger partial charge is 0.325 e. The third-order valence-corrected chi connectivity index (χ3v) is 7.22. The average Bonchev–Trinajstić information content (AvgIpc) is 2.96. The van der Waals surface area contributed by atoms with E-state index in [0.29, 0.717) is 6.42 Å². The summed E-state index contributed by atoms with van der Waals surface area (Å²) >= 11 is 0. The maximum atomic E-state index is 13.6.